The van der Waals surface area contributed by atoms with Crippen molar-refractivity contribution in [3.63, 3.8) is 0 Å². The van der Waals surface area contributed by atoms with Gasteiger partial charge in [-0.25, -0.2) is 13.2 Å². The number of carbonyl (C=O) groups is 3. The molecule has 52 heavy (non-hydrogen) atoms. The zero-order valence-electron chi connectivity index (χ0n) is 30.4. The molecule has 0 spiro atoms. The van der Waals surface area contributed by atoms with E-state index in [1.54, 1.807) is 25.1 Å². The number of fused-ring (bicyclic) bond motifs is 2. The van der Waals surface area contributed by atoms with E-state index in [0.717, 1.165) is 30.9 Å². The van der Waals surface area contributed by atoms with Crippen LogP contribution in [0.25, 0.3) is 0 Å². The number of aromatic nitrogens is 1. The molecule has 1 aromatic carbocycles. The Morgan fingerprint density at radius 2 is 1.83 bits per heavy atom. The largest absolute Gasteiger partial charge is 0.453 e. The SMILES string of the molecule is CCN(CC)CCNC(=O)c1c(C)[nH]c(CC2C(=O)Nc3ccc(/C=N/S(=O)(=O)c4cc5c(s4)S(=O)(=O)[C@@H](C)C[C@@H]5N(CC)C(=O)OC)cc32)c1C. The van der Waals surface area contributed by atoms with Gasteiger partial charge in [-0.05, 0) is 82.1 Å². The van der Waals surface area contributed by atoms with Crippen molar-refractivity contribution in [2.24, 2.45) is 4.40 Å². The molecule has 4 heterocycles. The summed E-state index contributed by atoms with van der Waals surface area (Å²) in [7, 11) is -6.97. The van der Waals surface area contributed by atoms with Gasteiger partial charge in [0.05, 0.1) is 29.9 Å². The number of benzene rings is 1. The smallest absolute Gasteiger partial charge is 0.409 e. The molecule has 5 rings (SSSR count). The van der Waals surface area contributed by atoms with Gasteiger partial charge in [0.1, 0.15) is 8.42 Å². The van der Waals surface area contributed by atoms with E-state index in [-0.39, 0.29) is 45.2 Å². The summed E-state index contributed by atoms with van der Waals surface area (Å²) in [6.45, 7) is 14.4. The van der Waals surface area contributed by atoms with E-state index in [2.05, 4.69) is 38.8 Å². The summed E-state index contributed by atoms with van der Waals surface area (Å²) in [5.74, 6) is -1.02. The number of sulfone groups is 1. The van der Waals surface area contributed by atoms with E-state index in [1.165, 1.54) is 31.2 Å². The Morgan fingerprint density at radius 3 is 2.48 bits per heavy atom. The first-order chi connectivity index (χ1) is 24.6. The second kappa shape index (κ2) is 15.5. The van der Waals surface area contributed by atoms with Gasteiger partial charge in [-0.2, -0.15) is 12.8 Å². The Bertz CT molecular complexity index is 2120. The Kier molecular flexibility index (Phi) is 11.7. The van der Waals surface area contributed by atoms with E-state index in [0.29, 0.717) is 46.0 Å². The molecule has 0 bridgehead atoms. The summed E-state index contributed by atoms with van der Waals surface area (Å²) >= 11 is 0.618. The highest BCUT2D eigenvalue weighted by atomic mass is 32.3. The Balaban J connectivity index is 1.38. The number of aromatic amines is 1. The number of rotatable bonds is 13. The number of nitrogens with zero attached hydrogens (tertiary/aromatic N) is 3. The molecule has 2 aliphatic heterocycles. The number of methoxy groups -OCH3 is 1. The fourth-order valence-electron chi connectivity index (χ4n) is 6.92. The van der Waals surface area contributed by atoms with Gasteiger partial charge in [0.2, 0.25) is 5.91 Å². The second-order valence-electron chi connectivity index (χ2n) is 13.0. The molecule has 0 radical (unpaired) electrons. The number of likely N-dealkylation sites (N-methyl/N-ethyl adjacent to an activating group) is 1. The van der Waals surface area contributed by atoms with Crippen LogP contribution in [0.2, 0.25) is 0 Å². The highest BCUT2D eigenvalue weighted by molar-refractivity contribution is 7.96. The first-order valence-corrected chi connectivity index (χ1v) is 21.0. The van der Waals surface area contributed by atoms with Gasteiger partial charge < -0.3 is 30.2 Å². The van der Waals surface area contributed by atoms with Crippen molar-refractivity contribution < 1.29 is 36.0 Å². The molecule has 14 nitrogen and oxygen atoms in total. The van der Waals surface area contributed by atoms with Crippen LogP contribution in [0.1, 0.15) is 90.1 Å². The van der Waals surface area contributed by atoms with E-state index >= 15 is 0 Å². The molecule has 2 aliphatic rings. The average molecular weight is 775 g/mol. The Morgan fingerprint density at radius 1 is 1.12 bits per heavy atom. The molecule has 0 saturated heterocycles. The molecule has 0 aliphatic carbocycles. The first-order valence-electron chi connectivity index (χ1n) is 17.2. The standard InChI is InChI=1S/C35H46N6O8S3/c1-8-40(9-2)14-13-36-33(43)31-21(5)28(38-22(31)6)17-25-24-16-23(11-12-27(24)39-32(25)42)19-37-52(47,48)30-18-26-29(41(10-3)35(44)49-7)15-20(4)51(45,46)34(26)50-30/h11-12,16,18-20,25,29,38H,8-10,13-15,17H2,1-7H3,(H,36,43)(H,39,42)/b37-19+/t20-,25?,29-/m0/s1. The Hall–Kier alpha value is -4.06. The third-order valence-electron chi connectivity index (χ3n) is 9.94. The molecule has 0 fully saturated rings. The summed E-state index contributed by atoms with van der Waals surface area (Å²) < 4.78 is 62.0. The van der Waals surface area contributed by atoms with Crippen LogP contribution in [0, 0.1) is 13.8 Å². The van der Waals surface area contributed by atoms with Gasteiger partial charge in [0.15, 0.2) is 9.84 Å². The van der Waals surface area contributed by atoms with Gasteiger partial charge in [0, 0.05) is 54.9 Å². The highest BCUT2D eigenvalue weighted by Gasteiger charge is 2.43. The number of amides is 3. The van der Waals surface area contributed by atoms with Crippen molar-refractivity contribution in [2.45, 2.75) is 80.0 Å². The molecule has 3 N–H and O–H groups in total. The van der Waals surface area contributed by atoms with E-state index in [9.17, 15) is 31.2 Å². The second-order valence-corrected chi connectivity index (χ2v) is 18.5. The molecule has 3 aromatic rings. The highest BCUT2D eigenvalue weighted by Crippen LogP contribution is 2.45. The lowest BCUT2D eigenvalue weighted by Crippen LogP contribution is -2.40. The maximum atomic E-state index is 13.5. The van der Waals surface area contributed by atoms with Gasteiger partial charge in [-0.15, -0.1) is 11.3 Å². The number of H-pyrrole nitrogens is 1. The minimum absolute atomic E-state index is 0.0911. The van der Waals surface area contributed by atoms with Gasteiger partial charge in [0.25, 0.3) is 15.9 Å². The summed E-state index contributed by atoms with van der Waals surface area (Å²) in [4.78, 5) is 45.7. The maximum Gasteiger partial charge on any atom is 0.409 e. The molecule has 1 unspecified atom stereocenters. The summed E-state index contributed by atoms with van der Waals surface area (Å²) in [6.07, 6.45) is 0.899. The van der Waals surface area contributed by atoms with E-state index in [4.69, 9.17) is 4.74 Å². The van der Waals surface area contributed by atoms with Gasteiger partial charge >= 0.3 is 6.09 Å². The zero-order chi connectivity index (χ0) is 38.1. The van der Waals surface area contributed by atoms with Crippen molar-refractivity contribution in [1.82, 2.24) is 20.1 Å². The lowest BCUT2D eigenvalue weighted by Gasteiger charge is -2.34. The number of hydrogen-bond donors (Lipinski definition) is 3. The van der Waals surface area contributed by atoms with Gasteiger partial charge in [-0.3, -0.25) is 9.59 Å². The molecule has 17 heteroatoms. The van der Waals surface area contributed by atoms with Crippen LogP contribution in [-0.2, 0) is 35.8 Å². The minimum Gasteiger partial charge on any atom is -0.453 e. The van der Waals surface area contributed by atoms with Crippen LogP contribution >= 0.6 is 11.3 Å². The van der Waals surface area contributed by atoms with Crippen LogP contribution in [0.5, 0.6) is 0 Å². The van der Waals surface area contributed by atoms with E-state index < -0.39 is 43.2 Å². The fraction of sp³-hybridized carbons (Fsp3) is 0.486. The number of anilines is 1. The number of nitrogens with one attached hydrogen (secondary N) is 3. The zero-order valence-corrected chi connectivity index (χ0v) is 32.9. The fourth-order valence-corrected chi connectivity index (χ4v) is 11.7. The molecule has 3 atom stereocenters. The third kappa shape index (κ3) is 7.54. The quantitative estimate of drug-likeness (QED) is 0.210. The first kappa shape index (κ1) is 39.2. The molecular formula is C35H46N6O8S3. The molecule has 2 aromatic heterocycles. The van der Waals surface area contributed by atoms with Crippen molar-refractivity contribution >= 4 is 61.0 Å². The van der Waals surface area contributed by atoms with Crippen molar-refractivity contribution in [1.29, 1.82) is 0 Å². The predicted molar refractivity (Wildman–Crippen MR) is 200 cm³/mol. The van der Waals surface area contributed by atoms with E-state index in [1.807, 2.05) is 13.8 Å². The molecule has 282 valence electrons. The van der Waals surface area contributed by atoms with Crippen molar-refractivity contribution in [2.75, 3.05) is 45.2 Å². The lowest BCUT2D eigenvalue weighted by atomic mass is 9.93. The Labute approximate surface area is 309 Å². The third-order valence-corrected chi connectivity index (χ3v) is 15.5. The number of thiophene rings is 1. The van der Waals surface area contributed by atoms with Crippen molar-refractivity contribution in [3.8, 4) is 0 Å². The number of ether oxygens (including phenoxy) is 1. The van der Waals surface area contributed by atoms with Crippen LogP contribution in [-0.4, -0.2) is 101 Å². The maximum absolute atomic E-state index is 13.5. The monoisotopic (exact) mass is 774 g/mol. The topological polar surface area (TPSA) is 187 Å². The minimum atomic E-state index is -4.36. The normalized spacial score (nSPS) is 19.4. The van der Waals surface area contributed by atoms with Crippen molar-refractivity contribution in [3.05, 3.63) is 63.5 Å². The van der Waals surface area contributed by atoms with Crippen LogP contribution in [0.15, 0.2) is 37.1 Å². The van der Waals surface area contributed by atoms with Crippen LogP contribution < -0.4 is 10.6 Å². The molecular weight excluding hydrogens is 729 g/mol. The summed E-state index contributed by atoms with van der Waals surface area (Å²) in [5, 5.41) is 5.04. The molecule has 0 saturated carbocycles. The predicted octanol–water partition coefficient (Wildman–Crippen LogP) is 4.55. The molecule has 3 amide bonds. The number of aryl methyl sites for hydroxylation is 1. The summed E-state index contributed by atoms with van der Waals surface area (Å²) in [6, 6.07) is 5.59. The van der Waals surface area contributed by atoms with Crippen LogP contribution in [0.4, 0.5) is 10.5 Å². The number of carbonyl (C=O) groups excluding carboxylic acids is 3. The number of sulfonamides is 1. The van der Waals surface area contributed by atoms with Crippen LogP contribution in [0.3, 0.4) is 0 Å². The lowest BCUT2D eigenvalue weighted by molar-refractivity contribution is -0.117. The van der Waals surface area contributed by atoms with Gasteiger partial charge in [-0.1, -0.05) is 19.9 Å². The number of hydrogen-bond acceptors (Lipinski definition) is 10. The summed E-state index contributed by atoms with van der Waals surface area (Å²) in [5.41, 5.74) is 4.65. The average Bonchev–Trinajstić information content (AvgIpc) is 3.78.